The molecular formula is C21H31ClFN3O. The molecule has 150 valence electrons. The number of nitrogens with zero attached hydrogens (tertiary/aromatic N) is 2. The molecule has 4 rings (SSSR count). The molecule has 1 amide bonds. The van der Waals surface area contributed by atoms with Gasteiger partial charge in [-0.15, -0.1) is 12.4 Å². The lowest BCUT2D eigenvalue weighted by Gasteiger charge is -2.37. The van der Waals surface area contributed by atoms with Crippen LogP contribution in [0, 0.1) is 17.7 Å². The first-order chi connectivity index (χ1) is 12.7. The minimum atomic E-state index is -0.204. The van der Waals surface area contributed by atoms with Gasteiger partial charge in [-0.1, -0.05) is 18.6 Å². The Hall–Kier alpha value is -1.17. The van der Waals surface area contributed by atoms with Crippen molar-refractivity contribution in [1.29, 1.82) is 0 Å². The summed E-state index contributed by atoms with van der Waals surface area (Å²) in [5.41, 5.74) is 1.09. The summed E-state index contributed by atoms with van der Waals surface area (Å²) in [7, 11) is 0. The lowest BCUT2D eigenvalue weighted by atomic mass is 9.92. The maximum Gasteiger partial charge on any atom is 0.239 e. The van der Waals surface area contributed by atoms with E-state index < -0.39 is 0 Å². The third-order valence-corrected chi connectivity index (χ3v) is 6.53. The zero-order valence-corrected chi connectivity index (χ0v) is 16.7. The number of nitrogens with one attached hydrogen (secondary N) is 1. The molecule has 1 aromatic carbocycles. The van der Waals surface area contributed by atoms with E-state index in [1.165, 1.54) is 12.1 Å². The topological polar surface area (TPSA) is 35.6 Å². The molecule has 3 atom stereocenters. The van der Waals surface area contributed by atoms with Crippen LogP contribution in [0.1, 0.15) is 37.7 Å². The molecule has 0 radical (unpaired) electrons. The average Bonchev–Trinajstić information content (AvgIpc) is 3.02. The predicted octanol–water partition coefficient (Wildman–Crippen LogP) is 3.06. The average molecular weight is 396 g/mol. The summed E-state index contributed by atoms with van der Waals surface area (Å²) in [6, 6.07) is 6.69. The van der Waals surface area contributed by atoms with Crippen molar-refractivity contribution < 1.29 is 9.18 Å². The Balaban J connectivity index is 0.00000210. The van der Waals surface area contributed by atoms with Crippen molar-refractivity contribution in [3.05, 3.63) is 35.6 Å². The summed E-state index contributed by atoms with van der Waals surface area (Å²) >= 11 is 0. The van der Waals surface area contributed by atoms with Crippen LogP contribution in [0.3, 0.4) is 0 Å². The van der Waals surface area contributed by atoms with E-state index in [2.05, 4.69) is 15.1 Å². The molecule has 0 spiro atoms. The molecule has 0 aliphatic carbocycles. The van der Waals surface area contributed by atoms with Crippen molar-refractivity contribution in [1.82, 2.24) is 15.1 Å². The van der Waals surface area contributed by atoms with Gasteiger partial charge in [0.1, 0.15) is 5.82 Å². The van der Waals surface area contributed by atoms with Crippen LogP contribution in [-0.2, 0) is 11.3 Å². The summed E-state index contributed by atoms with van der Waals surface area (Å²) in [4.78, 5) is 17.7. The van der Waals surface area contributed by atoms with Gasteiger partial charge in [0, 0.05) is 19.6 Å². The van der Waals surface area contributed by atoms with Crippen LogP contribution < -0.4 is 5.32 Å². The van der Waals surface area contributed by atoms with E-state index in [0.717, 1.165) is 88.8 Å². The fraction of sp³-hybridized carbons (Fsp3) is 0.667. The first-order valence-electron chi connectivity index (χ1n) is 10.2. The Morgan fingerprint density at radius 1 is 1.00 bits per heavy atom. The van der Waals surface area contributed by atoms with E-state index in [1.54, 1.807) is 0 Å². The SMILES string of the molecule is Cl.O=C(C1CCCCN1Cc1ccc(F)cc1)N1CC[C@@H]2CNC[C@@H]2CC1. The van der Waals surface area contributed by atoms with Crippen molar-refractivity contribution >= 4 is 18.3 Å². The molecule has 0 saturated carbocycles. The summed E-state index contributed by atoms with van der Waals surface area (Å²) in [5, 5.41) is 3.50. The van der Waals surface area contributed by atoms with Gasteiger partial charge < -0.3 is 10.2 Å². The van der Waals surface area contributed by atoms with Crippen molar-refractivity contribution in [3.63, 3.8) is 0 Å². The van der Waals surface area contributed by atoms with E-state index in [0.29, 0.717) is 5.91 Å². The quantitative estimate of drug-likeness (QED) is 0.854. The number of likely N-dealkylation sites (tertiary alicyclic amines) is 2. The number of hydrogen-bond donors (Lipinski definition) is 1. The highest BCUT2D eigenvalue weighted by molar-refractivity contribution is 5.85. The first-order valence-corrected chi connectivity index (χ1v) is 10.2. The number of piperidine rings is 1. The van der Waals surface area contributed by atoms with Crippen LogP contribution in [-0.4, -0.2) is 54.5 Å². The third-order valence-electron chi connectivity index (χ3n) is 6.53. The Kier molecular flexibility index (Phi) is 7.12. The third kappa shape index (κ3) is 4.82. The van der Waals surface area contributed by atoms with E-state index in [4.69, 9.17) is 0 Å². The summed E-state index contributed by atoms with van der Waals surface area (Å²) < 4.78 is 13.2. The molecule has 3 saturated heterocycles. The summed E-state index contributed by atoms with van der Waals surface area (Å²) in [5.74, 6) is 1.60. The van der Waals surface area contributed by atoms with Gasteiger partial charge in [0.15, 0.2) is 0 Å². The molecule has 27 heavy (non-hydrogen) atoms. The zero-order valence-electron chi connectivity index (χ0n) is 15.9. The smallest absolute Gasteiger partial charge is 0.239 e. The molecule has 1 N–H and O–H groups in total. The zero-order chi connectivity index (χ0) is 17.9. The Bertz CT molecular complexity index is 612. The van der Waals surface area contributed by atoms with Gasteiger partial charge in [-0.05, 0) is 74.8 Å². The predicted molar refractivity (Wildman–Crippen MR) is 107 cm³/mol. The summed E-state index contributed by atoms with van der Waals surface area (Å²) in [6.45, 7) is 5.74. The van der Waals surface area contributed by atoms with Crippen molar-refractivity contribution in [2.24, 2.45) is 11.8 Å². The van der Waals surface area contributed by atoms with Crippen molar-refractivity contribution in [2.75, 3.05) is 32.7 Å². The van der Waals surface area contributed by atoms with E-state index >= 15 is 0 Å². The number of benzene rings is 1. The van der Waals surface area contributed by atoms with Gasteiger partial charge in [0.25, 0.3) is 0 Å². The maximum absolute atomic E-state index is 13.3. The standard InChI is InChI=1S/C21H30FN3O.ClH/c22-19-6-4-16(5-7-19)15-25-10-2-1-3-20(25)21(26)24-11-8-17-13-23-14-18(17)9-12-24;/h4-7,17-18,20,23H,1-3,8-15H2;1H/t17-,18+,20?;. The monoisotopic (exact) mass is 395 g/mol. The lowest BCUT2D eigenvalue weighted by Crippen LogP contribution is -2.50. The number of halogens is 2. The Labute approximate surface area is 167 Å². The molecule has 0 bridgehead atoms. The number of rotatable bonds is 3. The number of fused-ring (bicyclic) bond motifs is 1. The maximum atomic E-state index is 13.3. The minimum Gasteiger partial charge on any atom is -0.341 e. The minimum absolute atomic E-state index is 0. The van der Waals surface area contributed by atoms with E-state index in [1.807, 2.05) is 12.1 Å². The first kappa shape index (κ1) is 20.6. The van der Waals surface area contributed by atoms with E-state index in [9.17, 15) is 9.18 Å². The van der Waals surface area contributed by atoms with Gasteiger partial charge in [-0.3, -0.25) is 9.69 Å². The Morgan fingerprint density at radius 2 is 1.67 bits per heavy atom. The van der Waals surface area contributed by atoms with Crippen LogP contribution in [0.2, 0.25) is 0 Å². The van der Waals surface area contributed by atoms with Gasteiger partial charge in [-0.25, -0.2) is 4.39 Å². The van der Waals surface area contributed by atoms with Crippen LogP contribution in [0.5, 0.6) is 0 Å². The number of hydrogen-bond acceptors (Lipinski definition) is 3. The highest BCUT2D eigenvalue weighted by Crippen LogP contribution is 2.29. The second-order valence-corrected chi connectivity index (χ2v) is 8.19. The molecule has 1 aromatic rings. The van der Waals surface area contributed by atoms with Crippen LogP contribution in [0.15, 0.2) is 24.3 Å². The fourth-order valence-electron chi connectivity index (χ4n) is 4.93. The number of amides is 1. The van der Waals surface area contributed by atoms with Gasteiger partial charge in [0.05, 0.1) is 6.04 Å². The second-order valence-electron chi connectivity index (χ2n) is 8.19. The Morgan fingerprint density at radius 3 is 2.33 bits per heavy atom. The molecule has 3 aliphatic heterocycles. The molecule has 3 fully saturated rings. The van der Waals surface area contributed by atoms with Crippen molar-refractivity contribution in [2.45, 2.75) is 44.7 Å². The van der Waals surface area contributed by atoms with Gasteiger partial charge in [-0.2, -0.15) is 0 Å². The highest BCUT2D eigenvalue weighted by atomic mass is 35.5. The number of carbonyl (C=O) groups excluding carboxylic acids is 1. The summed E-state index contributed by atoms with van der Waals surface area (Å²) in [6.07, 6.45) is 5.48. The van der Waals surface area contributed by atoms with Crippen LogP contribution in [0.25, 0.3) is 0 Å². The van der Waals surface area contributed by atoms with Crippen LogP contribution >= 0.6 is 12.4 Å². The van der Waals surface area contributed by atoms with Crippen molar-refractivity contribution in [3.8, 4) is 0 Å². The lowest BCUT2D eigenvalue weighted by molar-refractivity contribution is -0.138. The molecular weight excluding hydrogens is 365 g/mol. The molecule has 6 heteroatoms. The molecule has 3 heterocycles. The van der Waals surface area contributed by atoms with E-state index in [-0.39, 0.29) is 24.3 Å². The van der Waals surface area contributed by atoms with Crippen LogP contribution in [0.4, 0.5) is 4.39 Å². The second kappa shape index (κ2) is 9.35. The normalized spacial score (nSPS) is 28.9. The largest absolute Gasteiger partial charge is 0.341 e. The number of carbonyl (C=O) groups is 1. The molecule has 3 aliphatic rings. The van der Waals surface area contributed by atoms with Gasteiger partial charge in [0.2, 0.25) is 5.91 Å². The molecule has 4 nitrogen and oxygen atoms in total. The fourth-order valence-corrected chi connectivity index (χ4v) is 4.93. The molecule has 0 aromatic heterocycles. The molecule has 1 unspecified atom stereocenters. The highest BCUT2D eigenvalue weighted by Gasteiger charge is 2.36. The van der Waals surface area contributed by atoms with Gasteiger partial charge >= 0.3 is 0 Å².